The zero-order valence-electron chi connectivity index (χ0n) is 11.7. The molecule has 0 fully saturated rings. The molecule has 0 aliphatic rings. The molecular weight excluding hydrogens is 353 g/mol. The molecule has 1 aromatic rings. The van der Waals surface area contributed by atoms with Crippen LogP contribution in [0.25, 0.3) is 0 Å². The quantitative estimate of drug-likeness (QED) is 0.806. The van der Waals surface area contributed by atoms with E-state index in [1.54, 1.807) is 18.2 Å². The highest BCUT2D eigenvalue weighted by Gasteiger charge is 2.58. The van der Waals surface area contributed by atoms with Gasteiger partial charge in [-0.1, -0.05) is 29.8 Å². The molecule has 3 nitrogen and oxygen atoms in total. The molecule has 0 saturated heterocycles. The van der Waals surface area contributed by atoms with E-state index in [2.05, 4.69) is 15.9 Å². The lowest BCUT2D eigenvalue weighted by molar-refractivity contribution is -0.261. The van der Waals surface area contributed by atoms with Crippen LogP contribution < -0.4 is 4.74 Å². The van der Waals surface area contributed by atoms with E-state index < -0.39 is 29.9 Å². The van der Waals surface area contributed by atoms with Crippen molar-refractivity contribution in [1.29, 1.82) is 0 Å². The molecule has 0 aliphatic carbocycles. The van der Waals surface area contributed by atoms with Crippen LogP contribution in [0.2, 0.25) is 0 Å². The van der Waals surface area contributed by atoms with E-state index in [0.29, 0.717) is 15.8 Å². The molecular formula is C14H16BrF3O3. The highest BCUT2D eigenvalue weighted by Crippen LogP contribution is 2.43. The molecule has 7 heteroatoms. The number of benzene rings is 1. The Labute approximate surface area is 129 Å². The average molecular weight is 369 g/mol. The van der Waals surface area contributed by atoms with E-state index in [1.807, 2.05) is 0 Å². The first-order valence-corrected chi connectivity index (χ1v) is 6.96. The van der Waals surface area contributed by atoms with Gasteiger partial charge in [0.25, 0.3) is 0 Å². The zero-order valence-corrected chi connectivity index (χ0v) is 13.3. The summed E-state index contributed by atoms with van der Waals surface area (Å²) in [5.74, 6) is -1.74. The fraction of sp³-hybridized carbons (Fsp3) is 0.500. The molecule has 1 N–H and O–H groups in total. The predicted octanol–water partition coefficient (Wildman–Crippen LogP) is 3.69. The van der Waals surface area contributed by atoms with Gasteiger partial charge in [-0.05, 0) is 29.7 Å². The van der Waals surface area contributed by atoms with Gasteiger partial charge in [-0.25, -0.2) is 0 Å². The second-order valence-corrected chi connectivity index (χ2v) is 5.82. The number of hydrogen-bond acceptors (Lipinski definition) is 3. The summed E-state index contributed by atoms with van der Waals surface area (Å²) in [5.41, 5.74) is -2.93. The summed E-state index contributed by atoms with van der Waals surface area (Å²) < 4.78 is 44.7. The summed E-state index contributed by atoms with van der Waals surface area (Å²) in [4.78, 5) is 10.9. The van der Waals surface area contributed by atoms with Crippen molar-refractivity contribution in [3.8, 4) is 5.75 Å². The SMILES string of the molecule is COc1ccc(Br)cc1C(C)C(C)C(O)(C=O)C(F)(F)F. The van der Waals surface area contributed by atoms with E-state index in [0.717, 1.165) is 0 Å². The van der Waals surface area contributed by atoms with Crippen LogP contribution in [-0.4, -0.2) is 30.3 Å². The summed E-state index contributed by atoms with van der Waals surface area (Å²) >= 11 is 3.24. The topological polar surface area (TPSA) is 46.5 Å². The molecule has 0 amide bonds. The van der Waals surface area contributed by atoms with Gasteiger partial charge in [-0.3, -0.25) is 4.79 Å². The number of halogens is 4. The van der Waals surface area contributed by atoms with E-state index in [1.165, 1.54) is 21.0 Å². The number of carbonyl (C=O) groups is 1. The van der Waals surface area contributed by atoms with Crippen molar-refractivity contribution in [3.63, 3.8) is 0 Å². The molecule has 1 aromatic carbocycles. The van der Waals surface area contributed by atoms with E-state index >= 15 is 0 Å². The Bertz CT molecular complexity index is 519. The number of aldehydes is 1. The minimum atomic E-state index is -5.04. The third kappa shape index (κ3) is 3.40. The molecule has 0 saturated carbocycles. The third-order valence-electron chi connectivity index (χ3n) is 3.76. The van der Waals surface area contributed by atoms with Gasteiger partial charge >= 0.3 is 6.18 Å². The smallest absolute Gasteiger partial charge is 0.424 e. The summed E-state index contributed by atoms with van der Waals surface area (Å²) in [6, 6.07) is 4.91. The lowest BCUT2D eigenvalue weighted by Crippen LogP contribution is -2.53. The van der Waals surface area contributed by atoms with Gasteiger partial charge in [-0.15, -0.1) is 0 Å². The summed E-state index contributed by atoms with van der Waals surface area (Å²) in [6.07, 6.45) is -5.49. The largest absolute Gasteiger partial charge is 0.496 e. The Morgan fingerprint density at radius 2 is 1.90 bits per heavy atom. The van der Waals surface area contributed by atoms with Crippen LogP contribution >= 0.6 is 15.9 Å². The Kier molecular flexibility index (Phi) is 5.44. The number of rotatable bonds is 5. The van der Waals surface area contributed by atoms with Crippen LogP contribution in [0.15, 0.2) is 22.7 Å². The fourth-order valence-corrected chi connectivity index (χ4v) is 2.52. The van der Waals surface area contributed by atoms with Crippen molar-refractivity contribution in [1.82, 2.24) is 0 Å². The third-order valence-corrected chi connectivity index (χ3v) is 4.25. The van der Waals surface area contributed by atoms with Gasteiger partial charge in [-0.2, -0.15) is 13.2 Å². The van der Waals surface area contributed by atoms with Crippen LogP contribution in [0.4, 0.5) is 13.2 Å². The van der Waals surface area contributed by atoms with Gasteiger partial charge in [0.05, 0.1) is 7.11 Å². The molecule has 0 aromatic heterocycles. The van der Waals surface area contributed by atoms with E-state index in [4.69, 9.17) is 4.74 Å². The van der Waals surface area contributed by atoms with Crippen LogP contribution in [0.5, 0.6) is 5.75 Å². The second kappa shape index (κ2) is 6.36. The highest BCUT2D eigenvalue weighted by molar-refractivity contribution is 9.10. The molecule has 3 unspecified atom stereocenters. The molecule has 0 heterocycles. The average Bonchev–Trinajstić information content (AvgIpc) is 2.43. The van der Waals surface area contributed by atoms with Gasteiger partial charge in [0.15, 0.2) is 6.29 Å². The van der Waals surface area contributed by atoms with Crippen molar-refractivity contribution in [2.45, 2.75) is 31.5 Å². The van der Waals surface area contributed by atoms with Crippen LogP contribution in [-0.2, 0) is 4.79 Å². The van der Waals surface area contributed by atoms with Crippen molar-refractivity contribution < 1.29 is 27.8 Å². The second-order valence-electron chi connectivity index (χ2n) is 4.90. The van der Waals surface area contributed by atoms with E-state index in [9.17, 15) is 23.1 Å². The lowest BCUT2D eigenvalue weighted by Gasteiger charge is -2.35. The fourth-order valence-electron chi connectivity index (χ4n) is 2.14. The van der Waals surface area contributed by atoms with E-state index in [-0.39, 0.29) is 0 Å². The maximum atomic E-state index is 13.0. The number of hydrogen-bond donors (Lipinski definition) is 1. The molecule has 118 valence electrons. The summed E-state index contributed by atoms with van der Waals surface area (Å²) in [5, 5.41) is 9.74. The maximum absolute atomic E-state index is 13.0. The summed E-state index contributed by atoms with van der Waals surface area (Å²) in [7, 11) is 1.40. The normalized spacial score (nSPS) is 17.7. The lowest BCUT2D eigenvalue weighted by atomic mass is 9.77. The Morgan fingerprint density at radius 1 is 1.33 bits per heavy atom. The van der Waals surface area contributed by atoms with Crippen LogP contribution in [0, 0.1) is 5.92 Å². The highest BCUT2D eigenvalue weighted by atomic mass is 79.9. The Balaban J connectivity index is 3.27. The number of aliphatic hydroxyl groups is 1. The molecule has 1 rings (SSSR count). The van der Waals surface area contributed by atoms with Crippen molar-refractivity contribution in [2.24, 2.45) is 5.92 Å². The minimum absolute atomic E-state index is 0.396. The van der Waals surface area contributed by atoms with Crippen LogP contribution in [0.3, 0.4) is 0 Å². The van der Waals surface area contributed by atoms with Gasteiger partial charge in [0, 0.05) is 10.4 Å². The molecule has 21 heavy (non-hydrogen) atoms. The van der Waals surface area contributed by atoms with Crippen LogP contribution in [0.1, 0.15) is 25.3 Å². The summed E-state index contributed by atoms with van der Waals surface area (Å²) in [6.45, 7) is 2.70. The number of carbonyl (C=O) groups excluding carboxylic acids is 1. The number of alkyl halides is 3. The molecule has 0 radical (unpaired) electrons. The Hall–Kier alpha value is -1.08. The monoisotopic (exact) mass is 368 g/mol. The molecule has 0 spiro atoms. The first-order chi connectivity index (χ1) is 9.58. The predicted molar refractivity (Wildman–Crippen MR) is 75.3 cm³/mol. The maximum Gasteiger partial charge on any atom is 0.424 e. The number of ether oxygens (including phenoxy) is 1. The zero-order chi connectivity index (χ0) is 16.4. The minimum Gasteiger partial charge on any atom is -0.496 e. The number of methoxy groups -OCH3 is 1. The first kappa shape index (κ1) is 18.0. The van der Waals surface area contributed by atoms with Gasteiger partial charge < -0.3 is 9.84 Å². The first-order valence-electron chi connectivity index (χ1n) is 6.17. The van der Waals surface area contributed by atoms with Gasteiger partial charge in [0.1, 0.15) is 5.75 Å². The van der Waals surface area contributed by atoms with Gasteiger partial charge in [0.2, 0.25) is 5.60 Å². The van der Waals surface area contributed by atoms with Crippen molar-refractivity contribution in [3.05, 3.63) is 28.2 Å². The standard InChI is InChI=1S/C14H16BrF3O3/c1-8(9(2)13(20,7-19)14(16,17)18)11-6-10(15)4-5-12(11)21-3/h4-9,20H,1-3H3. The molecule has 0 aliphatic heterocycles. The Morgan fingerprint density at radius 3 is 2.33 bits per heavy atom. The van der Waals surface area contributed by atoms with Crippen molar-refractivity contribution >= 4 is 22.2 Å². The molecule has 0 bridgehead atoms. The molecule has 3 atom stereocenters. The van der Waals surface area contributed by atoms with Crippen molar-refractivity contribution in [2.75, 3.05) is 7.11 Å².